The summed E-state index contributed by atoms with van der Waals surface area (Å²) in [6.45, 7) is 0. The van der Waals surface area contributed by atoms with Gasteiger partial charge in [0.1, 0.15) is 5.92 Å². The zero-order valence-electron chi connectivity index (χ0n) is 13.4. The van der Waals surface area contributed by atoms with Gasteiger partial charge in [0.05, 0.1) is 5.56 Å². The summed E-state index contributed by atoms with van der Waals surface area (Å²) in [7, 11) is 0. The summed E-state index contributed by atoms with van der Waals surface area (Å²) >= 11 is 5.95. The summed E-state index contributed by atoms with van der Waals surface area (Å²) in [6.07, 6.45) is 1.77. The highest BCUT2D eigenvalue weighted by Crippen LogP contribution is 2.35. The Morgan fingerprint density at radius 3 is 2.73 bits per heavy atom. The van der Waals surface area contributed by atoms with Gasteiger partial charge in [-0.05, 0) is 36.8 Å². The molecular weight excluding hydrogens is 356 g/mol. The molecule has 26 heavy (non-hydrogen) atoms. The molecule has 0 radical (unpaired) electrons. The van der Waals surface area contributed by atoms with Crippen LogP contribution in [0.2, 0.25) is 5.02 Å². The van der Waals surface area contributed by atoms with E-state index in [0.29, 0.717) is 21.9 Å². The molecule has 1 aliphatic carbocycles. The molecule has 2 heterocycles. The molecule has 0 amide bonds. The number of aliphatic carboxylic acids is 1. The first-order valence-electron chi connectivity index (χ1n) is 7.99. The molecule has 0 saturated heterocycles. The van der Waals surface area contributed by atoms with Crippen LogP contribution in [-0.4, -0.2) is 26.8 Å². The first kappa shape index (κ1) is 16.5. The first-order valence-corrected chi connectivity index (χ1v) is 8.37. The van der Waals surface area contributed by atoms with Crippen LogP contribution >= 0.6 is 11.6 Å². The van der Waals surface area contributed by atoms with Crippen LogP contribution in [0.5, 0.6) is 0 Å². The van der Waals surface area contributed by atoms with E-state index in [-0.39, 0.29) is 17.4 Å². The number of ketones is 1. The molecule has 2 N–H and O–H groups in total. The number of hydrogen-bond acceptors (Lipinski definition) is 4. The Morgan fingerprint density at radius 2 is 2.04 bits per heavy atom. The average Bonchev–Trinajstić information content (AvgIpc) is 2.62. The minimum Gasteiger partial charge on any atom is -0.481 e. The van der Waals surface area contributed by atoms with Crippen molar-refractivity contribution in [3.63, 3.8) is 0 Å². The summed E-state index contributed by atoms with van der Waals surface area (Å²) < 4.78 is 0. The third kappa shape index (κ3) is 2.50. The molecule has 2 aromatic heterocycles. The smallest absolute Gasteiger partial charge is 0.315 e. The lowest BCUT2D eigenvalue weighted by atomic mass is 9.74. The van der Waals surface area contributed by atoms with Crippen molar-refractivity contribution in [1.29, 1.82) is 0 Å². The van der Waals surface area contributed by atoms with E-state index in [9.17, 15) is 19.5 Å². The Morgan fingerprint density at radius 1 is 1.23 bits per heavy atom. The second-order valence-corrected chi connectivity index (χ2v) is 6.68. The van der Waals surface area contributed by atoms with Crippen LogP contribution in [0.3, 0.4) is 0 Å². The number of rotatable bonds is 2. The molecule has 2 unspecified atom stereocenters. The monoisotopic (exact) mass is 368 g/mol. The van der Waals surface area contributed by atoms with E-state index >= 15 is 0 Å². The van der Waals surface area contributed by atoms with Crippen molar-refractivity contribution in [3.8, 4) is 0 Å². The summed E-state index contributed by atoms with van der Waals surface area (Å²) in [5.74, 6) is -3.95. The molecule has 4 rings (SSSR count). The zero-order valence-corrected chi connectivity index (χ0v) is 14.2. The van der Waals surface area contributed by atoms with Crippen molar-refractivity contribution >= 4 is 34.3 Å². The van der Waals surface area contributed by atoms with Crippen LogP contribution in [0.15, 0.2) is 47.4 Å². The standard InChI is InChI=1S/C19H13ClN2O4/c20-9-4-5-13-11(7-9)17(23)16-14(22-13)8-10(12-3-1-2-6-21-12)15(18(16)24)19(25)26/h1-7,10,15H,8H2,(H,22,23)(H,25,26). The van der Waals surface area contributed by atoms with E-state index in [1.165, 1.54) is 6.07 Å². The number of carbonyl (C=O) groups is 2. The van der Waals surface area contributed by atoms with E-state index in [1.807, 2.05) is 0 Å². The largest absolute Gasteiger partial charge is 0.481 e. The maximum Gasteiger partial charge on any atom is 0.315 e. The summed E-state index contributed by atoms with van der Waals surface area (Å²) in [5, 5.41) is 10.3. The minimum absolute atomic E-state index is 0.0978. The molecular formula is C19H13ClN2O4. The molecule has 0 saturated carbocycles. The molecule has 0 fully saturated rings. The lowest BCUT2D eigenvalue weighted by molar-refractivity contribution is -0.140. The molecule has 0 bridgehead atoms. The fourth-order valence-corrected chi connectivity index (χ4v) is 3.73. The van der Waals surface area contributed by atoms with E-state index in [2.05, 4.69) is 9.97 Å². The van der Waals surface area contributed by atoms with Gasteiger partial charge in [-0.1, -0.05) is 17.7 Å². The van der Waals surface area contributed by atoms with Crippen LogP contribution < -0.4 is 5.43 Å². The predicted molar refractivity (Wildman–Crippen MR) is 95.7 cm³/mol. The molecule has 7 heteroatoms. The highest BCUT2D eigenvalue weighted by atomic mass is 35.5. The van der Waals surface area contributed by atoms with Crippen molar-refractivity contribution in [2.45, 2.75) is 12.3 Å². The molecule has 1 aliphatic rings. The molecule has 0 aliphatic heterocycles. The number of hydrogen-bond donors (Lipinski definition) is 2. The van der Waals surface area contributed by atoms with Gasteiger partial charge in [-0.3, -0.25) is 19.4 Å². The van der Waals surface area contributed by atoms with Gasteiger partial charge < -0.3 is 10.1 Å². The summed E-state index contributed by atoms with van der Waals surface area (Å²) in [6, 6.07) is 9.95. The number of H-pyrrole nitrogens is 1. The SMILES string of the molecule is O=C(O)C1C(=O)c2c([nH]c3ccc(Cl)cc3c2=O)CC1c1ccccn1. The lowest BCUT2D eigenvalue weighted by Crippen LogP contribution is -2.40. The molecule has 130 valence electrons. The number of pyridine rings is 2. The van der Waals surface area contributed by atoms with Gasteiger partial charge in [-0.2, -0.15) is 0 Å². The fourth-order valence-electron chi connectivity index (χ4n) is 3.55. The number of Topliss-reactive ketones (excluding diaryl/α,β-unsaturated/α-hetero) is 1. The van der Waals surface area contributed by atoms with Gasteiger partial charge >= 0.3 is 5.97 Å². The third-order valence-electron chi connectivity index (χ3n) is 4.73. The van der Waals surface area contributed by atoms with Crippen LogP contribution in [0.4, 0.5) is 0 Å². The Hall–Kier alpha value is -2.99. The minimum atomic E-state index is -1.35. The molecule has 3 aromatic rings. The second kappa shape index (κ2) is 6.07. The third-order valence-corrected chi connectivity index (χ3v) is 4.96. The number of aromatic nitrogens is 2. The fraction of sp³-hybridized carbons (Fsp3) is 0.158. The number of nitrogens with one attached hydrogen (secondary N) is 1. The van der Waals surface area contributed by atoms with Gasteiger partial charge in [0.15, 0.2) is 5.78 Å². The van der Waals surface area contributed by atoms with Crippen molar-refractivity contribution in [1.82, 2.24) is 9.97 Å². The quantitative estimate of drug-likeness (QED) is 0.677. The zero-order chi connectivity index (χ0) is 18.4. The van der Waals surface area contributed by atoms with Crippen LogP contribution in [0.1, 0.15) is 27.7 Å². The van der Waals surface area contributed by atoms with Crippen molar-refractivity contribution < 1.29 is 14.7 Å². The number of carboxylic acids is 1. The van der Waals surface area contributed by atoms with Crippen LogP contribution in [0.25, 0.3) is 10.9 Å². The molecule has 1 aromatic carbocycles. The maximum absolute atomic E-state index is 12.9. The van der Waals surface area contributed by atoms with Gasteiger partial charge in [0, 0.05) is 39.4 Å². The van der Waals surface area contributed by atoms with Gasteiger partial charge in [0.2, 0.25) is 5.43 Å². The Bertz CT molecular complexity index is 1110. The van der Waals surface area contributed by atoms with E-state index in [4.69, 9.17) is 11.6 Å². The Kier molecular flexibility index (Phi) is 3.85. The van der Waals surface area contributed by atoms with Gasteiger partial charge in [-0.25, -0.2) is 0 Å². The number of benzene rings is 1. The Labute approximate surface area is 152 Å². The Balaban J connectivity index is 1.96. The number of aromatic amines is 1. The van der Waals surface area contributed by atoms with E-state index < -0.39 is 29.0 Å². The highest BCUT2D eigenvalue weighted by Gasteiger charge is 2.43. The predicted octanol–water partition coefficient (Wildman–Crippen LogP) is 2.80. The van der Waals surface area contributed by atoms with Gasteiger partial charge in [0.25, 0.3) is 0 Å². The first-order chi connectivity index (χ1) is 12.5. The maximum atomic E-state index is 12.9. The number of carboxylic acid groups (broad SMARTS) is 1. The second-order valence-electron chi connectivity index (χ2n) is 6.24. The molecule has 2 atom stereocenters. The number of nitrogens with zero attached hydrogens (tertiary/aromatic N) is 1. The number of fused-ring (bicyclic) bond motifs is 2. The molecule has 6 nitrogen and oxygen atoms in total. The summed E-state index contributed by atoms with van der Waals surface area (Å²) in [5.41, 5.74) is 0.907. The van der Waals surface area contributed by atoms with Gasteiger partial charge in [-0.15, -0.1) is 0 Å². The average molecular weight is 369 g/mol. The highest BCUT2D eigenvalue weighted by molar-refractivity contribution is 6.31. The van der Waals surface area contributed by atoms with Crippen molar-refractivity contribution in [3.05, 3.63) is 74.8 Å². The van der Waals surface area contributed by atoms with E-state index in [1.54, 1.807) is 36.5 Å². The number of carbonyl (C=O) groups excluding carboxylic acids is 1. The lowest BCUT2D eigenvalue weighted by Gasteiger charge is -2.28. The summed E-state index contributed by atoms with van der Waals surface area (Å²) in [4.78, 5) is 44.9. The van der Waals surface area contributed by atoms with Crippen LogP contribution in [-0.2, 0) is 11.2 Å². The van der Waals surface area contributed by atoms with Crippen molar-refractivity contribution in [2.75, 3.05) is 0 Å². The van der Waals surface area contributed by atoms with Crippen molar-refractivity contribution in [2.24, 2.45) is 5.92 Å². The number of halogens is 1. The normalized spacial score (nSPS) is 19.3. The molecule has 0 spiro atoms. The topological polar surface area (TPSA) is 100 Å². The van der Waals surface area contributed by atoms with E-state index in [0.717, 1.165) is 0 Å². The van der Waals surface area contributed by atoms with Crippen LogP contribution in [0, 0.1) is 5.92 Å².